The van der Waals surface area contributed by atoms with Crippen molar-refractivity contribution in [1.29, 1.82) is 0 Å². The van der Waals surface area contributed by atoms with Gasteiger partial charge in [0.1, 0.15) is 31.0 Å². The molecule has 0 saturated carbocycles. The number of hydrogen-bond donors (Lipinski definition) is 0. The summed E-state index contributed by atoms with van der Waals surface area (Å²) in [6, 6.07) is 33.8. The van der Waals surface area contributed by atoms with E-state index in [1.807, 2.05) is 30.3 Å². The van der Waals surface area contributed by atoms with Crippen molar-refractivity contribution < 1.29 is 71.3 Å². The minimum absolute atomic E-state index is 0.0122. The van der Waals surface area contributed by atoms with Crippen LogP contribution in [-0.4, -0.2) is 112 Å². The molecule has 0 N–H and O–H groups in total. The SMILES string of the molecule is C=CCO[C@H]1[C@H]2OC(c3ccccc3)OC[C@H]2O[C@H](O[C@H]2[C@H](OC)O[C@H](COC(=O)c3ccccc3)[C@@H](OC(=O)c3ccccc3)[C@@H]2OC(=O)c2ccccc2)[C@@H]1OC(C)=O. The summed E-state index contributed by atoms with van der Waals surface area (Å²) in [7, 11) is 1.32. The fraction of sp³-hybridized carbons (Fsp3) is 0.348. The van der Waals surface area contributed by atoms with Gasteiger partial charge in [-0.25, -0.2) is 14.4 Å². The number of benzene rings is 4. The number of esters is 4. The molecule has 61 heavy (non-hydrogen) atoms. The molecule has 0 aliphatic carbocycles. The van der Waals surface area contributed by atoms with E-state index < -0.39 is 98.2 Å². The Morgan fingerprint density at radius 2 is 1.20 bits per heavy atom. The summed E-state index contributed by atoms with van der Waals surface area (Å²) >= 11 is 0. The second-order valence-corrected chi connectivity index (χ2v) is 14.2. The largest absolute Gasteiger partial charge is 0.459 e. The molecule has 3 heterocycles. The lowest BCUT2D eigenvalue weighted by Crippen LogP contribution is -2.67. The summed E-state index contributed by atoms with van der Waals surface area (Å²) in [5, 5.41) is 0. The standard InChI is InChI=1S/C46H46O15/c1-4-25-52-37-35-34(27-54-44(60-35)32-23-15-8-16-24-32)57-46(39(37)55-28(2)47)61-40-38(59-43(50)31-21-13-7-14-22-31)36(58-42(49)30-19-11-6-12-20-30)33(56-45(40)51-3)26-53-41(48)29-17-9-5-10-18-29/h4-24,33-40,44-46H,1,25-27H2,2-3H3/t33-,34-,35+,36-,37+,38+,39-,40-,44?,45-,46-/m1/s1. The molecular weight excluding hydrogens is 792 g/mol. The van der Waals surface area contributed by atoms with Gasteiger partial charge in [-0.15, -0.1) is 6.58 Å². The summed E-state index contributed by atoms with van der Waals surface area (Å²) in [6.45, 7) is 4.58. The molecule has 15 heteroatoms. The smallest absolute Gasteiger partial charge is 0.338 e. The van der Waals surface area contributed by atoms with Crippen LogP contribution in [0.2, 0.25) is 0 Å². The Hall–Kier alpha value is -5.78. The van der Waals surface area contributed by atoms with Gasteiger partial charge in [-0.3, -0.25) is 4.79 Å². The molecule has 3 saturated heterocycles. The van der Waals surface area contributed by atoms with Crippen LogP contribution in [0.4, 0.5) is 0 Å². The lowest BCUT2D eigenvalue weighted by molar-refractivity contribution is -0.391. The Bertz CT molecular complexity index is 2070. The fourth-order valence-electron chi connectivity index (χ4n) is 7.25. The van der Waals surface area contributed by atoms with Gasteiger partial charge in [0.15, 0.2) is 43.3 Å². The van der Waals surface area contributed by atoms with Crippen molar-refractivity contribution in [2.45, 2.75) is 74.6 Å². The summed E-state index contributed by atoms with van der Waals surface area (Å²) in [5.41, 5.74) is 1.35. The topological polar surface area (TPSA) is 170 Å². The Balaban J connectivity index is 1.25. The van der Waals surface area contributed by atoms with Gasteiger partial charge in [0.05, 0.1) is 29.9 Å². The molecule has 3 aliphatic rings. The fourth-order valence-corrected chi connectivity index (χ4v) is 7.25. The number of carbonyl (C=O) groups is 4. The zero-order chi connectivity index (χ0) is 42.7. The first-order chi connectivity index (χ1) is 29.7. The average molecular weight is 839 g/mol. The molecule has 3 fully saturated rings. The van der Waals surface area contributed by atoms with E-state index in [-0.39, 0.29) is 29.9 Å². The Morgan fingerprint density at radius 3 is 1.75 bits per heavy atom. The molecule has 0 bridgehead atoms. The van der Waals surface area contributed by atoms with Crippen molar-refractivity contribution in [2.24, 2.45) is 0 Å². The normalized spacial score (nSPS) is 28.3. The second-order valence-electron chi connectivity index (χ2n) is 14.2. The van der Waals surface area contributed by atoms with E-state index in [4.69, 9.17) is 52.1 Å². The zero-order valence-corrected chi connectivity index (χ0v) is 33.4. The highest BCUT2D eigenvalue weighted by atomic mass is 16.8. The monoisotopic (exact) mass is 838 g/mol. The van der Waals surface area contributed by atoms with Gasteiger partial charge in [0.2, 0.25) is 0 Å². The van der Waals surface area contributed by atoms with Crippen molar-refractivity contribution in [3.63, 3.8) is 0 Å². The van der Waals surface area contributed by atoms with E-state index in [1.165, 1.54) is 20.1 Å². The predicted octanol–water partition coefficient (Wildman–Crippen LogP) is 5.39. The maximum Gasteiger partial charge on any atom is 0.338 e. The summed E-state index contributed by atoms with van der Waals surface area (Å²) in [6.07, 6.45) is -11.9. The van der Waals surface area contributed by atoms with Crippen LogP contribution < -0.4 is 0 Å². The van der Waals surface area contributed by atoms with E-state index in [0.717, 1.165) is 5.56 Å². The van der Waals surface area contributed by atoms with E-state index in [9.17, 15) is 19.2 Å². The molecule has 3 aliphatic heterocycles. The highest BCUT2D eigenvalue weighted by molar-refractivity contribution is 5.91. The van der Waals surface area contributed by atoms with Crippen LogP contribution >= 0.6 is 0 Å². The predicted molar refractivity (Wildman–Crippen MR) is 213 cm³/mol. The van der Waals surface area contributed by atoms with Crippen LogP contribution in [0.5, 0.6) is 0 Å². The third kappa shape index (κ3) is 10.6. The van der Waals surface area contributed by atoms with Crippen molar-refractivity contribution in [2.75, 3.05) is 26.9 Å². The Labute approximate surface area is 352 Å². The van der Waals surface area contributed by atoms with Crippen LogP contribution in [0.25, 0.3) is 0 Å². The number of methoxy groups -OCH3 is 1. The molecule has 0 radical (unpaired) electrons. The van der Waals surface area contributed by atoms with Crippen LogP contribution in [-0.2, 0) is 56.9 Å². The molecule has 0 aromatic heterocycles. The van der Waals surface area contributed by atoms with Gasteiger partial charge < -0.3 is 52.1 Å². The van der Waals surface area contributed by atoms with Crippen LogP contribution in [0.1, 0.15) is 49.9 Å². The quantitative estimate of drug-likeness (QED) is 0.0848. The van der Waals surface area contributed by atoms with Gasteiger partial charge >= 0.3 is 23.9 Å². The third-order valence-electron chi connectivity index (χ3n) is 10.1. The Kier molecular flexibility index (Phi) is 14.7. The number of ether oxygens (including phenoxy) is 11. The first kappa shape index (κ1) is 43.3. The van der Waals surface area contributed by atoms with Crippen LogP contribution in [0.15, 0.2) is 134 Å². The number of carbonyl (C=O) groups excluding carboxylic acids is 4. The first-order valence-corrected chi connectivity index (χ1v) is 19.7. The first-order valence-electron chi connectivity index (χ1n) is 19.7. The minimum Gasteiger partial charge on any atom is -0.459 e. The highest BCUT2D eigenvalue weighted by Gasteiger charge is 2.57. The van der Waals surface area contributed by atoms with E-state index in [2.05, 4.69) is 6.58 Å². The van der Waals surface area contributed by atoms with E-state index >= 15 is 0 Å². The molecule has 4 aromatic rings. The zero-order valence-electron chi connectivity index (χ0n) is 33.4. The number of hydrogen-bond acceptors (Lipinski definition) is 15. The number of fused-ring (bicyclic) bond motifs is 1. The summed E-state index contributed by atoms with van der Waals surface area (Å²) in [5.74, 6) is -2.99. The third-order valence-corrected chi connectivity index (χ3v) is 10.1. The second kappa shape index (κ2) is 20.7. The maximum atomic E-state index is 14.0. The van der Waals surface area contributed by atoms with Crippen LogP contribution in [0.3, 0.4) is 0 Å². The molecule has 1 unspecified atom stereocenters. The molecule has 11 atom stereocenters. The van der Waals surface area contributed by atoms with Crippen molar-refractivity contribution >= 4 is 23.9 Å². The Morgan fingerprint density at radius 1 is 0.639 bits per heavy atom. The van der Waals surface area contributed by atoms with Gasteiger partial charge in [0, 0.05) is 19.6 Å². The van der Waals surface area contributed by atoms with Gasteiger partial charge in [-0.05, 0) is 36.4 Å². The summed E-state index contributed by atoms with van der Waals surface area (Å²) < 4.78 is 68.0. The lowest BCUT2D eigenvalue weighted by Gasteiger charge is -2.50. The molecule has 15 nitrogen and oxygen atoms in total. The highest BCUT2D eigenvalue weighted by Crippen LogP contribution is 2.39. The molecule has 0 spiro atoms. The van der Waals surface area contributed by atoms with Gasteiger partial charge in [0.25, 0.3) is 0 Å². The minimum atomic E-state index is -1.53. The molecule has 4 aromatic carbocycles. The molecule has 0 amide bonds. The maximum absolute atomic E-state index is 14.0. The summed E-state index contributed by atoms with van der Waals surface area (Å²) in [4.78, 5) is 53.8. The van der Waals surface area contributed by atoms with Crippen LogP contribution in [0, 0.1) is 0 Å². The molecule has 7 rings (SSSR count). The average Bonchev–Trinajstić information content (AvgIpc) is 3.30. The van der Waals surface area contributed by atoms with Crippen molar-refractivity contribution in [3.8, 4) is 0 Å². The van der Waals surface area contributed by atoms with Gasteiger partial charge in [-0.1, -0.05) is 91.0 Å². The van der Waals surface area contributed by atoms with Gasteiger partial charge in [-0.2, -0.15) is 0 Å². The van der Waals surface area contributed by atoms with E-state index in [1.54, 1.807) is 91.0 Å². The lowest BCUT2D eigenvalue weighted by atomic mass is 9.95. The van der Waals surface area contributed by atoms with Crippen molar-refractivity contribution in [1.82, 2.24) is 0 Å². The molecular formula is C46H46O15. The number of rotatable bonds is 15. The van der Waals surface area contributed by atoms with Crippen molar-refractivity contribution in [3.05, 3.63) is 156 Å². The van der Waals surface area contributed by atoms with E-state index in [0.29, 0.717) is 0 Å². The molecule has 320 valence electrons.